The molecule has 1 aliphatic carbocycles. The van der Waals surface area contributed by atoms with Crippen LogP contribution in [0, 0.1) is 0 Å². The number of carbonyl (C=O) groups excluding carboxylic acids is 3. The van der Waals surface area contributed by atoms with Crippen LogP contribution in [0.25, 0.3) is 0 Å². The second-order valence-corrected chi connectivity index (χ2v) is 8.68. The van der Waals surface area contributed by atoms with Gasteiger partial charge in [-0.1, -0.05) is 0 Å². The summed E-state index contributed by atoms with van der Waals surface area (Å²) in [6, 6.07) is 1.62. The molecular weight excluding hydrogens is 504 g/mol. The van der Waals surface area contributed by atoms with Crippen molar-refractivity contribution in [3.63, 3.8) is 0 Å². The summed E-state index contributed by atoms with van der Waals surface area (Å²) < 4.78 is 5.95. The van der Waals surface area contributed by atoms with Gasteiger partial charge < -0.3 is 15.0 Å². The number of hydrogen-bond acceptors (Lipinski definition) is 6. The predicted octanol–water partition coefficient (Wildman–Crippen LogP) is 2.79. The second kappa shape index (κ2) is 8.53. The summed E-state index contributed by atoms with van der Waals surface area (Å²) in [6.07, 6.45) is 1.76. The minimum absolute atomic E-state index is 0.0611. The van der Waals surface area contributed by atoms with E-state index in [-0.39, 0.29) is 24.3 Å². The molecule has 1 atom stereocenters. The molecule has 2 heterocycles. The van der Waals surface area contributed by atoms with Gasteiger partial charge in [0.1, 0.15) is 12.1 Å². The molecule has 0 bridgehead atoms. The fourth-order valence-electron chi connectivity index (χ4n) is 2.72. The molecule has 3 N–H and O–H groups in total. The van der Waals surface area contributed by atoms with Gasteiger partial charge >= 0.3 is 5.97 Å². The lowest BCUT2D eigenvalue weighted by Gasteiger charge is -2.22. The Morgan fingerprint density at radius 3 is 2.85 bits per heavy atom. The van der Waals surface area contributed by atoms with Gasteiger partial charge in [-0.15, -0.1) is 11.3 Å². The molecule has 0 fully saturated rings. The van der Waals surface area contributed by atoms with E-state index in [4.69, 9.17) is 0 Å². The SMILES string of the molecule is COC(=O)CC(=O)N[C@H]1CCc2nc(NC(=O)c3cc(Br)c(Br)[nH]3)sc2C1. The average Bonchev–Trinajstić information content (AvgIpc) is 3.17. The lowest BCUT2D eigenvalue weighted by molar-refractivity contribution is -0.143. The van der Waals surface area contributed by atoms with E-state index in [0.29, 0.717) is 28.3 Å². The average molecular weight is 520 g/mol. The highest BCUT2D eigenvalue weighted by Crippen LogP contribution is 2.30. The van der Waals surface area contributed by atoms with Gasteiger partial charge in [-0.2, -0.15) is 0 Å². The number of thiazole rings is 1. The number of hydrogen-bond donors (Lipinski definition) is 3. The number of carbonyl (C=O) groups is 3. The molecule has 0 radical (unpaired) electrons. The molecule has 2 aromatic rings. The maximum atomic E-state index is 12.3. The molecule has 144 valence electrons. The highest BCUT2D eigenvalue weighted by atomic mass is 79.9. The van der Waals surface area contributed by atoms with Crippen molar-refractivity contribution in [3.8, 4) is 0 Å². The third-order valence-corrected chi connectivity index (χ3v) is 6.85. The fraction of sp³-hybridized carbons (Fsp3) is 0.375. The lowest BCUT2D eigenvalue weighted by Crippen LogP contribution is -2.39. The maximum Gasteiger partial charge on any atom is 0.315 e. The van der Waals surface area contributed by atoms with Crippen molar-refractivity contribution >= 4 is 66.1 Å². The minimum atomic E-state index is -0.561. The van der Waals surface area contributed by atoms with Gasteiger partial charge in [-0.05, 0) is 50.8 Å². The Morgan fingerprint density at radius 1 is 1.41 bits per heavy atom. The number of aromatic nitrogens is 2. The number of nitrogens with one attached hydrogen (secondary N) is 3. The molecule has 0 spiro atoms. The smallest absolute Gasteiger partial charge is 0.315 e. The molecule has 27 heavy (non-hydrogen) atoms. The van der Waals surface area contributed by atoms with E-state index in [1.165, 1.54) is 18.4 Å². The van der Waals surface area contributed by atoms with Gasteiger partial charge in [-0.25, -0.2) is 4.98 Å². The maximum absolute atomic E-state index is 12.3. The molecule has 8 nitrogen and oxygen atoms in total. The highest BCUT2D eigenvalue weighted by Gasteiger charge is 2.25. The first kappa shape index (κ1) is 20.0. The zero-order valence-electron chi connectivity index (χ0n) is 14.2. The number of rotatable bonds is 5. The van der Waals surface area contributed by atoms with Gasteiger partial charge in [0, 0.05) is 17.3 Å². The first-order chi connectivity index (χ1) is 12.9. The van der Waals surface area contributed by atoms with E-state index >= 15 is 0 Å². The van der Waals surface area contributed by atoms with Crippen LogP contribution in [0.5, 0.6) is 0 Å². The Labute approximate surface area is 175 Å². The van der Waals surface area contributed by atoms with Gasteiger partial charge in [0.15, 0.2) is 5.13 Å². The molecule has 0 aliphatic heterocycles. The summed E-state index contributed by atoms with van der Waals surface area (Å²) in [7, 11) is 1.25. The highest BCUT2D eigenvalue weighted by molar-refractivity contribution is 9.13. The summed E-state index contributed by atoms with van der Waals surface area (Å²) in [4.78, 5) is 43.8. The van der Waals surface area contributed by atoms with Crippen molar-refractivity contribution in [2.45, 2.75) is 31.7 Å². The van der Waals surface area contributed by atoms with E-state index in [0.717, 1.165) is 21.5 Å². The number of nitrogens with zero attached hydrogens (tertiary/aromatic N) is 1. The van der Waals surface area contributed by atoms with Crippen molar-refractivity contribution in [1.82, 2.24) is 15.3 Å². The predicted molar refractivity (Wildman–Crippen MR) is 107 cm³/mol. The molecule has 2 amide bonds. The molecule has 11 heteroatoms. The van der Waals surface area contributed by atoms with Crippen molar-refractivity contribution in [1.29, 1.82) is 0 Å². The number of ether oxygens (including phenoxy) is 1. The number of esters is 1. The van der Waals surface area contributed by atoms with E-state index < -0.39 is 5.97 Å². The van der Waals surface area contributed by atoms with E-state index in [1.807, 2.05) is 0 Å². The van der Waals surface area contributed by atoms with Crippen LogP contribution in [0.3, 0.4) is 0 Å². The topological polar surface area (TPSA) is 113 Å². The van der Waals surface area contributed by atoms with E-state index in [9.17, 15) is 14.4 Å². The van der Waals surface area contributed by atoms with Crippen LogP contribution in [0.1, 0.15) is 33.9 Å². The van der Waals surface area contributed by atoms with Crippen molar-refractivity contribution in [2.24, 2.45) is 0 Å². The summed E-state index contributed by atoms with van der Waals surface area (Å²) in [5.74, 6) is -1.19. The first-order valence-electron chi connectivity index (χ1n) is 8.05. The zero-order valence-corrected chi connectivity index (χ0v) is 18.2. The summed E-state index contributed by atoms with van der Waals surface area (Å²) in [6.45, 7) is 0. The van der Waals surface area contributed by atoms with Crippen LogP contribution in [0.15, 0.2) is 15.1 Å². The van der Waals surface area contributed by atoms with Crippen LogP contribution in [0.4, 0.5) is 5.13 Å². The molecule has 0 saturated heterocycles. The van der Waals surface area contributed by atoms with E-state index in [2.05, 4.69) is 57.2 Å². The minimum Gasteiger partial charge on any atom is -0.469 e. The van der Waals surface area contributed by atoms with Crippen LogP contribution >= 0.6 is 43.2 Å². The number of aryl methyl sites for hydroxylation is 1. The molecular formula is C16H16Br2N4O4S. The molecule has 2 aromatic heterocycles. The van der Waals surface area contributed by atoms with Crippen LogP contribution in [-0.2, 0) is 27.2 Å². The summed E-state index contributed by atoms with van der Waals surface area (Å²) in [5, 5.41) is 6.16. The van der Waals surface area contributed by atoms with Crippen molar-refractivity contribution in [3.05, 3.63) is 31.4 Å². The first-order valence-corrected chi connectivity index (χ1v) is 10.5. The quantitative estimate of drug-likeness (QED) is 0.415. The molecule has 3 rings (SSSR count). The Morgan fingerprint density at radius 2 is 2.19 bits per heavy atom. The molecule has 0 saturated carbocycles. The molecule has 1 aliphatic rings. The van der Waals surface area contributed by atoms with Crippen molar-refractivity contribution in [2.75, 3.05) is 12.4 Å². The van der Waals surface area contributed by atoms with Crippen LogP contribution < -0.4 is 10.6 Å². The molecule has 0 aromatic carbocycles. The zero-order chi connectivity index (χ0) is 19.6. The lowest BCUT2D eigenvalue weighted by atomic mass is 9.97. The van der Waals surface area contributed by atoms with Crippen molar-refractivity contribution < 1.29 is 19.1 Å². The number of amides is 2. The van der Waals surface area contributed by atoms with Gasteiger partial charge in [0.25, 0.3) is 5.91 Å². The standard InChI is InChI=1S/C16H16Br2N4O4S/c1-26-13(24)6-12(23)19-7-2-3-9-11(4-7)27-16(21-9)22-15(25)10-5-8(17)14(18)20-10/h5,7,20H,2-4,6H2,1H3,(H,19,23)(H,21,22,25)/t7-/m0/s1. The van der Waals surface area contributed by atoms with Crippen LogP contribution in [-0.4, -0.2) is 40.9 Å². The van der Waals surface area contributed by atoms with Gasteiger partial charge in [0.2, 0.25) is 5.91 Å². The third-order valence-electron chi connectivity index (χ3n) is 4.03. The Bertz CT molecular complexity index is 876. The number of methoxy groups -OCH3 is 1. The largest absolute Gasteiger partial charge is 0.469 e. The Balaban J connectivity index is 1.60. The van der Waals surface area contributed by atoms with Gasteiger partial charge in [-0.3, -0.25) is 19.7 Å². The monoisotopic (exact) mass is 518 g/mol. The summed E-state index contributed by atoms with van der Waals surface area (Å²) >= 11 is 8.03. The normalized spacial score (nSPS) is 15.7. The third kappa shape index (κ3) is 4.96. The number of anilines is 1. The Hall–Kier alpha value is -1.72. The number of aromatic amines is 1. The fourth-order valence-corrected chi connectivity index (χ4v) is 4.46. The second-order valence-electron chi connectivity index (χ2n) is 5.95. The molecule has 0 unspecified atom stereocenters. The van der Waals surface area contributed by atoms with Gasteiger partial charge in [0.05, 0.1) is 21.9 Å². The Kier molecular flexibility index (Phi) is 6.33. The van der Waals surface area contributed by atoms with Crippen LogP contribution in [0.2, 0.25) is 0 Å². The summed E-state index contributed by atoms with van der Waals surface area (Å²) in [5.41, 5.74) is 1.34. The van der Waals surface area contributed by atoms with E-state index in [1.54, 1.807) is 6.07 Å². The number of H-pyrrole nitrogens is 1. The number of halogens is 2. The number of fused-ring (bicyclic) bond motifs is 1.